The van der Waals surface area contributed by atoms with Crippen LogP contribution in [-0.4, -0.2) is 20.3 Å². The Hall–Kier alpha value is -1.04. The lowest BCUT2D eigenvalue weighted by Gasteiger charge is -2.15. The first-order valence-corrected chi connectivity index (χ1v) is 5.33. The summed E-state index contributed by atoms with van der Waals surface area (Å²) in [7, 11) is 1.36. The van der Waals surface area contributed by atoms with E-state index in [0.717, 1.165) is 0 Å². The summed E-state index contributed by atoms with van der Waals surface area (Å²) in [6, 6.07) is 2.95. The van der Waals surface area contributed by atoms with Crippen LogP contribution in [0.4, 0.5) is 8.78 Å². The molecule has 0 fully saturated rings. The van der Waals surface area contributed by atoms with Gasteiger partial charge >= 0.3 is 6.61 Å². The number of ether oxygens (including phenoxy) is 3. The predicted molar refractivity (Wildman–Crippen MR) is 58.5 cm³/mol. The molecule has 16 heavy (non-hydrogen) atoms. The van der Waals surface area contributed by atoms with Crippen molar-refractivity contribution < 1.29 is 23.0 Å². The largest absolute Gasteiger partial charge is 0.490 e. The molecule has 0 spiro atoms. The minimum absolute atomic E-state index is 0.0517. The quantitative estimate of drug-likeness (QED) is 0.833. The van der Waals surface area contributed by atoms with Gasteiger partial charge in [0.1, 0.15) is 0 Å². The van der Waals surface area contributed by atoms with E-state index in [0.29, 0.717) is 16.8 Å². The molecule has 3 nitrogen and oxygen atoms in total. The third-order valence-corrected chi connectivity index (χ3v) is 2.36. The van der Waals surface area contributed by atoms with E-state index in [1.807, 2.05) is 0 Å². The summed E-state index contributed by atoms with van der Waals surface area (Å²) in [5.74, 6) is 0.448. The molecule has 0 unspecified atom stereocenters. The van der Waals surface area contributed by atoms with E-state index in [4.69, 9.17) is 9.47 Å². The fourth-order valence-corrected chi connectivity index (χ4v) is 1.61. The van der Waals surface area contributed by atoms with Gasteiger partial charge in [0.2, 0.25) is 5.75 Å². The second-order valence-corrected chi connectivity index (χ2v) is 3.57. The molecule has 0 saturated carbocycles. The van der Waals surface area contributed by atoms with Gasteiger partial charge in [-0.1, -0.05) is 0 Å². The van der Waals surface area contributed by atoms with Gasteiger partial charge in [-0.05, 0) is 35.0 Å². The van der Waals surface area contributed by atoms with Gasteiger partial charge in [0.15, 0.2) is 11.5 Å². The summed E-state index contributed by atoms with van der Waals surface area (Å²) in [6.07, 6.45) is 0. The van der Waals surface area contributed by atoms with Crippen LogP contribution < -0.4 is 14.2 Å². The van der Waals surface area contributed by atoms with E-state index in [2.05, 4.69) is 20.7 Å². The van der Waals surface area contributed by atoms with E-state index in [9.17, 15) is 8.78 Å². The van der Waals surface area contributed by atoms with Crippen LogP contribution in [0, 0.1) is 0 Å². The van der Waals surface area contributed by atoms with Gasteiger partial charge in [0, 0.05) is 0 Å². The molecule has 90 valence electrons. The lowest BCUT2D eigenvalue weighted by atomic mass is 10.3. The Morgan fingerprint density at radius 2 is 2.00 bits per heavy atom. The van der Waals surface area contributed by atoms with Crippen molar-refractivity contribution in [2.45, 2.75) is 13.5 Å². The number of methoxy groups -OCH3 is 1. The minimum Gasteiger partial charge on any atom is -0.490 e. The van der Waals surface area contributed by atoms with E-state index in [-0.39, 0.29) is 11.5 Å². The minimum atomic E-state index is -2.90. The lowest BCUT2D eigenvalue weighted by Crippen LogP contribution is -2.05. The van der Waals surface area contributed by atoms with Gasteiger partial charge in [-0.3, -0.25) is 0 Å². The molecule has 0 aliphatic carbocycles. The molecule has 1 rings (SSSR count). The monoisotopic (exact) mass is 296 g/mol. The van der Waals surface area contributed by atoms with Crippen molar-refractivity contribution in [1.29, 1.82) is 0 Å². The fourth-order valence-electron chi connectivity index (χ4n) is 1.18. The lowest BCUT2D eigenvalue weighted by molar-refractivity contribution is -0.0513. The smallest absolute Gasteiger partial charge is 0.387 e. The highest BCUT2D eigenvalue weighted by Crippen LogP contribution is 2.43. The SMILES string of the molecule is CCOc1c(Br)ccc(OC(F)F)c1OC. The molecule has 0 bridgehead atoms. The third kappa shape index (κ3) is 2.98. The van der Waals surface area contributed by atoms with Crippen molar-refractivity contribution in [1.82, 2.24) is 0 Å². The zero-order valence-corrected chi connectivity index (χ0v) is 10.4. The molecule has 0 atom stereocenters. The van der Waals surface area contributed by atoms with Gasteiger partial charge in [0.25, 0.3) is 0 Å². The molecule has 0 aromatic heterocycles. The maximum absolute atomic E-state index is 12.1. The maximum Gasteiger partial charge on any atom is 0.387 e. The second-order valence-electron chi connectivity index (χ2n) is 2.72. The van der Waals surface area contributed by atoms with Crippen LogP contribution in [-0.2, 0) is 0 Å². The average molecular weight is 297 g/mol. The van der Waals surface area contributed by atoms with E-state index in [1.165, 1.54) is 13.2 Å². The van der Waals surface area contributed by atoms with Crippen molar-refractivity contribution in [3.8, 4) is 17.2 Å². The van der Waals surface area contributed by atoms with Crippen molar-refractivity contribution >= 4 is 15.9 Å². The molecule has 0 saturated heterocycles. The summed E-state index contributed by atoms with van der Waals surface area (Å²) in [5, 5.41) is 0. The van der Waals surface area contributed by atoms with Crippen molar-refractivity contribution in [3.63, 3.8) is 0 Å². The number of halogens is 3. The van der Waals surface area contributed by atoms with Crippen LogP contribution in [0.25, 0.3) is 0 Å². The number of alkyl halides is 2. The molecule has 1 aromatic carbocycles. The topological polar surface area (TPSA) is 27.7 Å². The Kier molecular flexibility index (Phi) is 4.79. The summed E-state index contributed by atoms with van der Waals surface area (Å²) in [5.41, 5.74) is 0. The first-order chi connectivity index (χ1) is 7.60. The zero-order chi connectivity index (χ0) is 12.1. The van der Waals surface area contributed by atoms with Crippen LogP contribution in [0.5, 0.6) is 17.2 Å². The number of rotatable bonds is 5. The highest BCUT2D eigenvalue weighted by molar-refractivity contribution is 9.10. The Morgan fingerprint density at radius 1 is 1.31 bits per heavy atom. The predicted octanol–water partition coefficient (Wildman–Crippen LogP) is 3.46. The fraction of sp³-hybridized carbons (Fsp3) is 0.400. The van der Waals surface area contributed by atoms with Gasteiger partial charge in [-0.15, -0.1) is 0 Å². The zero-order valence-electron chi connectivity index (χ0n) is 8.80. The van der Waals surface area contributed by atoms with Gasteiger partial charge < -0.3 is 14.2 Å². The van der Waals surface area contributed by atoms with Crippen molar-refractivity contribution in [3.05, 3.63) is 16.6 Å². The molecule has 0 amide bonds. The molecule has 0 heterocycles. The number of hydrogen-bond acceptors (Lipinski definition) is 3. The average Bonchev–Trinajstić information content (AvgIpc) is 2.23. The normalized spacial score (nSPS) is 10.4. The highest BCUT2D eigenvalue weighted by atomic mass is 79.9. The van der Waals surface area contributed by atoms with E-state index >= 15 is 0 Å². The first kappa shape index (κ1) is 13.0. The molecule has 0 radical (unpaired) electrons. The Labute approximate surface area is 100 Å². The molecular formula is C10H11BrF2O3. The first-order valence-electron chi connectivity index (χ1n) is 4.54. The van der Waals surface area contributed by atoms with Crippen LogP contribution in [0.3, 0.4) is 0 Å². The Morgan fingerprint density at radius 3 is 2.50 bits per heavy atom. The van der Waals surface area contributed by atoms with Crippen LogP contribution in [0.15, 0.2) is 16.6 Å². The standard InChI is InChI=1S/C10H11BrF2O3/c1-3-15-8-6(11)4-5-7(9(8)14-2)16-10(12)13/h4-5,10H,3H2,1-2H3. The summed E-state index contributed by atoms with van der Waals surface area (Å²) < 4.78 is 39.5. The van der Waals surface area contributed by atoms with Crippen molar-refractivity contribution in [2.75, 3.05) is 13.7 Å². The second kappa shape index (κ2) is 5.89. The summed E-state index contributed by atoms with van der Waals surface area (Å²) in [6.45, 7) is -0.718. The molecule has 1 aromatic rings. The van der Waals surface area contributed by atoms with Gasteiger partial charge in [0.05, 0.1) is 18.2 Å². The third-order valence-electron chi connectivity index (χ3n) is 1.74. The number of hydrogen-bond donors (Lipinski definition) is 0. The Bertz CT molecular complexity index is 358. The van der Waals surface area contributed by atoms with E-state index < -0.39 is 6.61 Å². The molecule has 0 aliphatic heterocycles. The molecule has 0 N–H and O–H groups in total. The summed E-state index contributed by atoms with van der Waals surface area (Å²) >= 11 is 3.24. The maximum atomic E-state index is 12.1. The van der Waals surface area contributed by atoms with Crippen LogP contribution in [0.2, 0.25) is 0 Å². The van der Waals surface area contributed by atoms with Crippen molar-refractivity contribution in [2.24, 2.45) is 0 Å². The molecule has 0 aliphatic rings. The number of benzene rings is 1. The van der Waals surface area contributed by atoms with Crippen LogP contribution in [0.1, 0.15) is 6.92 Å². The van der Waals surface area contributed by atoms with Gasteiger partial charge in [-0.2, -0.15) is 8.78 Å². The summed E-state index contributed by atoms with van der Waals surface area (Å²) in [4.78, 5) is 0. The van der Waals surface area contributed by atoms with E-state index in [1.54, 1.807) is 13.0 Å². The Balaban J connectivity index is 3.14. The van der Waals surface area contributed by atoms with Crippen LogP contribution >= 0.6 is 15.9 Å². The van der Waals surface area contributed by atoms with Gasteiger partial charge in [-0.25, -0.2) is 0 Å². The molecule has 6 heteroatoms. The highest BCUT2D eigenvalue weighted by Gasteiger charge is 2.17. The molecular weight excluding hydrogens is 286 g/mol.